The van der Waals surface area contributed by atoms with E-state index in [1.54, 1.807) is 12.7 Å². The highest BCUT2D eigenvalue weighted by Crippen LogP contribution is 2.60. The van der Waals surface area contributed by atoms with Crippen molar-refractivity contribution >= 4 is 0 Å². The minimum absolute atomic E-state index is 0.214. The molecule has 1 fully saturated rings. The zero-order valence-electron chi connectivity index (χ0n) is 9.73. The standard InChI is InChI=1S/C14H19NO/c1-16-8-12(15)14-11-7-6-9-4-2-3-5-10(9)13(11)14/h2-5,11-14H,6-8,15H2,1H3. The van der Waals surface area contributed by atoms with Gasteiger partial charge in [-0.2, -0.15) is 0 Å². The monoisotopic (exact) mass is 217 g/mol. The van der Waals surface area contributed by atoms with Gasteiger partial charge in [-0.1, -0.05) is 24.3 Å². The molecule has 2 aliphatic carbocycles. The molecule has 0 spiro atoms. The third kappa shape index (κ3) is 1.48. The quantitative estimate of drug-likeness (QED) is 0.839. The van der Waals surface area contributed by atoms with E-state index in [-0.39, 0.29) is 6.04 Å². The number of hydrogen-bond donors (Lipinski definition) is 1. The molecule has 0 amide bonds. The molecule has 2 N–H and O–H groups in total. The lowest BCUT2D eigenvalue weighted by atomic mass is 9.92. The molecule has 1 aromatic rings. The van der Waals surface area contributed by atoms with E-state index in [2.05, 4.69) is 24.3 Å². The van der Waals surface area contributed by atoms with Crippen LogP contribution in [0.25, 0.3) is 0 Å². The zero-order valence-corrected chi connectivity index (χ0v) is 9.73. The summed E-state index contributed by atoms with van der Waals surface area (Å²) in [5.41, 5.74) is 9.27. The average molecular weight is 217 g/mol. The van der Waals surface area contributed by atoms with Crippen molar-refractivity contribution in [1.29, 1.82) is 0 Å². The van der Waals surface area contributed by atoms with Crippen molar-refractivity contribution in [3.05, 3.63) is 35.4 Å². The van der Waals surface area contributed by atoms with Crippen LogP contribution in [0, 0.1) is 11.8 Å². The van der Waals surface area contributed by atoms with Crippen molar-refractivity contribution in [3.8, 4) is 0 Å². The van der Waals surface area contributed by atoms with Gasteiger partial charge in [-0.3, -0.25) is 0 Å². The lowest BCUT2D eigenvalue weighted by Crippen LogP contribution is -2.29. The molecule has 2 nitrogen and oxygen atoms in total. The van der Waals surface area contributed by atoms with Crippen molar-refractivity contribution in [2.75, 3.05) is 13.7 Å². The summed E-state index contributed by atoms with van der Waals surface area (Å²) in [5, 5.41) is 0. The largest absolute Gasteiger partial charge is 0.383 e. The Morgan fingerprint density at radius 3 is 3.06 bits per heavy atom. The second-order valence-corrected chi connectivity index (χ2v) is 5.12. The fourth-order valence-electron chi connectivity index (χ4n) is 3.51. The van der Waals surface area contributed by atoms with Gasteiger partial charge in [0.1, 0.15) is 0 Å². The summed E-state index contributed by atoms with van der Waals surface area (Å²) in [7, 11) is 1.74. The lowest BCUT2D eigenvalue weighted by molar-refractivity contribution is 0.170. The molecule has 16 heavy (non-hydrogen) atoms. The van der Waals surface area contributed by atoms with E-state index in [4.69, 9.17) is 10.5 Å². The van der Waals surface area contributed by atoms with Crippen molar-refractivity contribution in [3.63, 3.8) is 0 Å². The van der Waals surface area contributed by atoms with E-state index < -0.39 is 0 Å². The van der Waals surface area contributed by atoms with Gasteiger partial charge in [-0.25, -0.2) is 0 Å². The van der Waals surface area contributed by atoms with Crippen LogP contribution in [0.4, 0.5) is 0 Å². The molecule has 1 saturated carbocycles. The summed E-state index contributed by atoms with van der Waals surface area (Å²) in [6.07, 6.45) is 2.54. The minimum atomic E-state index is 0.214. The predicted octanol–water partition coefficient (Wildman–Crippen LogP) is 1.94. The Morgan fingerprint density at radius 1 is 1.44 bits per heavy atom. The first-order valence-corrected chi connectivity index (χ1v) is 6.15. The van der Waals surface area contributed by atoms with Gasteiger partial charge in [-0.05, 0) is 41.7 Å². The van der Waals surface area contributed by atoms with Gasteiger partial charge in [0.25, 0.3) is 0 Å². The maximum atomic E-state index is 6.18. The van der Waals surface area contributed by atoms with Crippen LogP contribution < -0.4 is 5.73 Å². The Hall–Kier alpha value is -0.860. The first-order chi connectivity index (χ1) is 7.83. The first-order valence-electron chi connectivity index (χ1n) is 6.15. The maximum Gasteiger partial charge on any atom is 0.0616 e. The number of fused-ring (bicyclic) bond motifs is 3. The molecule has 0 radical (unpaired) electrons. The third-order valence-corrected chi connectivity index (χ3v) is 4.24. The summed E-state index contributed by atoms with van der Waals surface area (Å²) in [5.74, 6) is 2.19. The molecule has 0 bridgehead atoms. The van der Waals surface area contributed by atoms with Crippen LogP contribution in [-0.2, 0) is 11.2 Å². The van der Waals surface area contributed by atoms with E-state index in [1.165, 1.54) is 18.4 Å². The van der Waals surface area contributed by atoms with Gasteiger partial charge in [-0.15, -0.1) is 0 Å². The highest BCUT2D eigenvalue weighted by molar-refractivity contribution is 5.39. The number of nitrogens with two attached hydrogens (primary N) is 1. The number of benzene rings is 1. The van der Waals surface area contributed by atoms with Crippen LogP contribution in [-0.4, -0.2) is 19.8 Å². The number of methoxy groups -OCH3 is 1. The number of rotatable bonds is 3. The molecule has 1 aromatic carbocycles. The van der Waals surface area contributed by atoms with Crippen molar-refractivity contribution in [2.24, 2.45) is 17.6 Å². The van der Waals surface area contributed by atoms with E-state index in [0.717, 1.165) is 11.8 Å². The van der Waals surface area contributed by atoms with Crippen LogP contribution in [0.15, 0.2) is 24.3 Å². The Labute approximate surface area is 96.8 Å². The first kappa shape index (κ1) is 10.3. The molecule has 0 aromatic heterocycles. The summed E-state index contributed by atoms with van der Waals surface area (Å²) < 4.78 is 5.17. The van der Waals surface area contributed by atoms with Crippen LogP contribution in [0.3, 0.4) is 0 Å². The zero-order chi connectivity index (χ0) is 11.1. The van der Waals surface area contributed by atoms with E-state index >= 15 is 0 Å². The maximum absolute atomic E-state index is 6.18. The lowest BCUT2D eigenvalue weighted by Gasteiger charge is -2.13. The number of ether oxygens (including phenoxy) is 1. The van der Waals surface area contributed by atoms with E-state index in [9.17, 15) is 0 Å². The molecular formula is C14H19NO. The summed E-state index contributed by atoms with van der Waals surface area (Å²) in [6, 6.07) is 9.06. The van der Waals surface area contributed by atoms with Gasteiger partial charge in [0.05, 0.1) is 6.61 Å². The van der Waals surface area contributed by atoms with Gasteiger partial charge >= 0.3 is 0 Å². The molecule has 2 aliphatic rings. The fourth-order valence-corrected chi connectivity index (χ4v) is 3.51. The Kier molecular flexibility index (Phi) is 2.49. The van der Waals surface area contributed by atoms with Crippen molar-refractivity contribution < 1.29 is 4.74 Å². The summed E-state index contributed by atoms with van der Waals surface area (Å²) >= 11 is 0. The second-order valence-electron chi connectivity index (χ2n) is 5.12. The van der Waals surface area contributed by atoms with Crippen LogP contribution in [0.5, 0.6) is 0 Å². The fraction of sp³-hybridized carbons (Fsp3) is 0.571. The SMILES string of the molecule is COCC(N)C1C2CCc3ccccc3C21. The van der Waals surface area contributed by atoms with Crippen LogP contribution >= 0.6 is 0 Å². The Balaban J connectivity index is 1.82. The highest BCUT2D eigenvalue weighted by Gasteiger charge is 2.55. The Bertz CT molecular complexity index is 390. The molecule has 86 valence electrons. The Morgan fingerprint density at radius 2 is 2.25 bits per heavy atom. The predicted molar refractivity (Wildman–Crippen MR) is 64.3 cm³/mol. The normalized spacial score (nSPS) is 32.8. The minimum Gasteiger partial charge on any atom is -0.383 e. The molecule has 2 heteroatoms. The molecule has 4 unspecified atom stereocenters. The molecular weight excluding hydrogens is 198 g/mol. The highest BCUT2D eigenvalue weighted by atomic mass is 16.5. The molecule has 0 saturated heterocycles. The second kappa shape index (κ2) is 3.86. The van der Waals surface area contributed by atoms with Gasteiger partial charge in [0.15, 0.2) is 0 Å². The number of hydrogen-bond acceptors (Lipinski definition) is 2. The molecule has 4 atom stereocenters. The molecule has 0 heterocycles. The smallest absolute Gasteiger partial charge is 0.0616 e. The van der Waals surface area contributed by atoms with Crippen LogP contribution in [0.1, 0.15) is 23.5 Å². The molecule has 3 rings (SSSR count). The van der Waals surface area contributed by atoms with Gasteiger partial charge < -0.3 is 10.5 Å². The van der Waals surface area contributed by atoms with Gasteiger partial charge in [0, 0.05) is 13.2 Å². The number of aryl methyl sites for hydroxylation is 1. The van der Waals surface area contributed by atoms with Crippen molar-refractivity contribution in [2.45, 2.75) is 24.8 Å². The topological polar surface area (TPSA) is 35.2 Å². The third-order valence-electron chi connectivity index (χ3n) is 4.24. The van der Waals surface area contributed by atoms with Crippen molar-refractivity contribution in [1.82, 2.24) is 0 Å². The molecule has 0 aliphatic heterocycles. The average Bonchev–Trinajstić information content (AvgIpc) is 3.04. The van der Waals surface area contributed by atoms with E-state index in [1.807, 2.05) is 0 Å². The summed E-state index contributed by atoms with van der Waals surface area (Å²) in [6.45, 7) is 0.694. The van der Waals surface area contributed by atoms with Gasteiger partial charge in [0.2, 0.25) is 0 Å². The van der Waals surface area contributed by atoms with Crippen LogP contribution in [0.2, 0.25) is 0 Å². The summed E-state index contributed by atoms with van der Waals surface area (Å²) in [4.78, 5) is 0. The van der Waals surface area contributed by atoms with E-state index in [0.29, 0.717) is 12.5 Å².